The van der Waals surface area contributed by atoms with Crippen LogP contribution in [-0.4, -0.2) is 11.0 Å². The molecule has 0 aliphatic heterocycles. The summed E-state index contributed by atoms with van der Waals surface area (Å²) in [5, 5.41) is 0. The maximum absolute atomic E-state index is 5.63. The zero-order chi connectivity index (χ0) is 10.5. The number of rotatable bonds is 2. The minimum Gasteiger partial charge on any atom is -0.271 e. The molecule has 0 saturated heterocycles. The number of nitrogens with zero attached hydrogens (tertiary/aromatic N) is 1. The molecule has 0 aromatic carbocycles. The number of pyridine rings is 1. The van der Waals surface area contributed by atoms with Gasteiger partial charge < -0.3 is 0 Å². The van der Waals surface area contributed by atoms with E-state index in [-0.39, 0.29) is 0 Å². The minimum absolute atomic E-state index is 0.414. The van der Waals surface area contributed by atoms with Crippen molar-refractivity contribution in [3.63, 3.8) is 0 Å². The topological polar surface area (TPSA) is 50.9 Å². The van der Waals surface area contributed by atoms with Crippen molar-refractivity contribution in [1.29, 1.82) is 0 Å². The van der Waals surface area contributed by atoms with Crippen molar-refractivity contribution in [3.05, 3.63) is 30.1 Å². The number of hydrazine groups is 1. The van der Waals surface area contributed by atoms with Gasteiger partial charge in [0.25, 0.3) is 0 Å². The molecule has 2 rings (SSSR count). The standard InChI is InChI=1S/C12H19N3/c13-15-12-7-3-1-2-6-11(12)10-5-4-8-14-9-10/h4-5,8-9,11-12,15H,1-3,6-7,13H2. The van der Waals surface area contributed by atoms with Crippen LogP contribution in [0.3, 0.4) is 0 Å². The van der Waals surface area contributed by atoms with Crippen LogP contribution in [0.4, 0.5) is 0 Å². The highest BCUT2D eigenvalue weighted by molar-refractivity contribution is 5.17. The average Bonchev–Trinajstić information content (AvgIpc) is 2.55. The van der Waals surface area contributed by atoms with Gasteiger partial charge in [-0.05, 0) is 24.5 Å². The number of aromatic nitrogens is 1. The Morgan fingerprint density at radius 1 is 1.27 bits per heavy atom. The molecule has 0 radical (unpaired) electrons. The number of hydrogen-bond donors (Lipinski definition) is 2. The lowest BCUT2D eigenvalue weighted by atomic mass is 9.89. The number of nitrogens with one attached hydrogen (secondary N) is 1. The van der Waals surface area contributed by atoms with Crippen LogP contribution in [-0.2, 0) is 0 Å². The smallest absolute Gasteiger partial charge is 0.0303 e. The molecule has 15 heavy (non-hydrogen) atoms. The Balaban J connectivity index is 2.16. The second-order valence-electron chi connectivity index (χ2n) is 4.30. The van der Waals surface area contributed by atoms with Gasteiger partial charge in [-0.3, -0.25) is 16.3 Å². The van der Waals surface area contributed by atoms with E-state index in [0.29, 0.717) is 12.0 Å². The lowest BCUT2D eigenvalue weighted by molar-refractivity contribution is 0.418. The van der Waals surface area contributed by atoms with Crippen LogP contribution >= 0.6 is 0 Å². The summed E-state index contributed by atoms with van der Waals surface area (Å²) in [6.45, 7) is 0. The van der Waals surface area contributed by atoms with E-state index >= 15 is 0 Å². The maximum Gasteiger partial charge on any atom is 0.0303 e. The zero-order valence-electron chi connectivity index (χ0n) is 9.02. The van der Waals surface area contributed by atoms with Crippen molar-refractivity contribution in [2.24, 2.45) is 5.84 Å². The van der Waals surface area contributed by atoms with Gasteiger partial charge in [-0.15, -0.1) is 0 Å². The Hall–Kier alpha value is -0.930. The van der Waals surface area contributed by atoms with E-state index < -0.39 is 0 Å². The number of hydrogen-bond acceptors (Lipinski definition) is 3. The summed E-state index contributed by atoms with van der Waals surface area (Å²) in [4.78, 5) is 4.19. The molecule has 3 nitrogen and oxygen atoms in total. The summed E-state index contributed by atoms with van der Waals surface area (Å²) in [5.41, 5.74) is 4.29. The fourth-order valence-corrected chi connectivity index (χ4v) is 2.50. The first-order valence-electron chi connectivity index (χ1n) is 5.78. The molecule has 0 amide bonds. The summed E-state index contributed by atoms with van der Waals surface area (Å²) < 4.78 is 0. The zero-order valence-corrected chi connectivity index (χ0v) is 9.02. The molecule has 1 aromatic heterocycles. The highest BCUT2D eigenvalue weighted by Gasteiger charge is 2.23. The van der Waals surface area contributed by atoms with Crippen LogP contribution in [0, 0.1) is 0 Å². The van der Waals surface area contributed by atoms with E-state index in [2.05, 4.69) is 16.5 Å². The highest BCUT2D eigenvalue weighted by Crippen LogP contribution is 2.31. The second-order valence-corrected chi connectivity index (χ2v) is 4.30. The Bertz CT molecular complexity index is 286. The fraction of sp³-hybridized carbons (Fsp3) is 0.583. The molecule has 1 saturated carbocycles. The third kappa shape index (κ3) is 2.55. The molecule has 3 heteroatoms. The van der Waals surface area contributed by atoms with Crippen LogP contribution in [0.1, 0.15) is 43.6 Å². The highest BCUT2D eigenvalue weighted by atomic mass is 15.2. The van der Waals surface area contributed by atoms with Crippen LogP contribution in [0.15, 0.2) is 24.5 Å². The Morgan fingerprint density at radius 2 is 2.13 bits per heavy atom. The quantitative estimate of drug-likeness (QED) is 0.441. The molecule has 2 atom stereocenters. The van der Waals surface area contributed by atoms with Gasteiger partial charge in [-0.2, -0.15) is 0 Å². The molecule has 1 heterocycles. The van der Waals surface area contributed by atoms with Crippen LogP contribution < -0.4 is 11.3 Å². The molecule has 0 spiro atoms. The third-order valence-electron chi connectivity index (χ3n) is 3.34. The first-order valence-corrected chi connectivity index (χ1v) is 5.78. The molecular weight excluding hydrogens is 186 g/mol. The third-order valence-corrected chi connectivity index (χ3v) is 3.34. The van der Waals surface area contributed by atoms with E-state index in [1.165, 1.54) is 37.7 Å². The van der Waals surface area contributed by atoms with Gasteiger partial charge in [0.15, 0.2) is 0 Å². The van der Waals surface area contributed by atoms with Crippen LogP contribution in [0.5, 0.6) is 0 Å². The van der Waals surface area contributed by atoms with Crippen molar-refractivity contribution in [2.75, 3.05) is 0 Å². The Labute approximate surface area is 91.1 Å². The largest absolute Gasteiger partial charge is 0.271 e. The molecule has 1 aliphatic rings. The Morgan fingerprint density at radius 3 is 2.87 bits per heavy atom. The summed E-state index contributed by atoms with van der Waals surface area (Å²) in [6, 6.07) is 4.58. The fourth-order valence-electron chi connectivity index (χ4n) is 2.50. The van der Waals surface area contributed by atoms with Crippen molar-refractivity contribution in [1.82, 2.24) is 10.4 Å². The van der Waals surface area contributed by atoms with Crippen molar-refractivity contribution >= 4 is 0 Å². The molecule has 3 N–H and O–H groups in total. The first-order chi connectivity index (χ1) is 7.42. The summed E-state index contributed by atoms with van der Waals surface area (Å²) >= 11 is 0. The van der Waals surface area contributed by atoms with Crippen molar-refractivity contribution < 1.29 is 0 Å². The molecule has 1 aliphatic carbocycles. The maximum atomic E-state index is 5.63. The minimum atomic E-state index is 0.414. The van der Waals surface area contributed by atoms with E-state index in [1.807, 2.05) is 18.5 Å². The summed E-state index contributed by atoms with van der Waals surface area (Å²) in [6.07, 6.45) is 10.1. The number of nitrogens with two attached hydrogens (primary N) is 1. The van der Waals surface area contributed by atoms with Crippen LogP contribution in [0.25, 0.3) is 0 Å². The first kappa shape index (κ1) is 10.6. The van der Waals surface area contributed by atoms with Crippen molar-refractivity contribution in [3.8, 4) is 0 Å². The second kappa shape index (κ2) is 5.24. The monoisotopic (exact) mass is 205 g/mol. The summed E-state index contributed by atoms with van der Waals surface area (Å²) in [5.74, 6) is 6.16. The Kier molecular flexibility index (Phi) is 3.69. The van der Waals surface area contributed by atoms with Gasteiger partial charge in [0, 0.05) is 24.4 Å². The lowest BCUT2D eigenvalue weighted by Gasteiger charge is -2.24. The van der Waals surface area contributed by atoms with Gasteiger partial charge in [-0.25, -0.2) is 0 Å². The predicted octanol–water partition coefficient (Wildman–Crippen LogP) is 1.96. The van der Waals surface area contributed by atoms with E-state index in [4.69, 9.17) is 5.84 Å². The van der Waals surface area contributed by atoms with Crippen LogP contribution in [0.2, 0.25) is 0 Å². The van der Waals surface area contributed by atoms with Gasteiger partial charge >= 0.3 is 0 Å². The lowest BCUT2D eigenvalue weighted by Crippen LogP contribution is -2.39. The van der Waals surface area contributed by atoms with E-state index in [1.54, 1.807) is 0 Å². The molecule has 1 fully saturated rings. The molecule has 2 unspecified atom stereocenters. The summed E-state index contributed by atoms with van der Waals surface area (Å²) in [7, 11) is 0. The SMILES string of the molecule is NNC1CCCCCC1c1cccnc1. The molecular formula is C12H19N3. The van der Waals surface area contributed by atoms with Crippen molar-refractivity contribution in [2.45, 2.75) is 44.1 Å². The normalized spacial score (nSPS) is 27.3. The van der Waals surface area contributed by atoms with Gasteiger partial charge in [0.2, 0.25) is 0 Å². The van der Waals surface area contributed by atoms with E-state index in [9.17, 15) is 0 Å². The molecule has 0 bridgehead atoms. The van der Waals surface area contributed by atoms with Gasteiger partial charge in [0.1, 0.15) is 0 Å². The molecule has 82 valence electrons. The molecule has 1 aromatic rings. The predicted molar refractivity (Wildman–Crippen MR) is 61.2 cm³/mol. The van der Waals surface area contributed by atoms with Gasteiger partial charge in [-0.1, -0.05) is 25.3 Å². The van der Waals surface area contributed by atoms with Gasteiger partial charge in [0.05, 0.1) is 0 Å². The average molecular weight is 205 g/mol. The van der Waals surface area contributed by atoms with E-state index in [0.717, 1.165) is 0 Å².